The van der Waals surface area contributed by atoms with Crippen molar-refractivity contribution in [2.24, 2.45) is 0 Å². The second-order valence-corrected chi connectivity index (χ2v) is 8.46. The van der Waals surface area contributed by atoms with Crippen molar-refractivity contribution in [1.82, 2.24) is 0 Å². The molecule has 146 valence electrons. The molecule has 0 aliphatic heterocycles. The number of ether oxygens (including phenoxy) is 3. The summed E-state index contributed by atoms with van der Waals surface area (Å²) in [6.45, 7) is 0. The number of benzene rings is 4. The molecule has 0 unspecified atom stereocenters. The van der Waals surface area contributed by atoms with Gasteiger partial charge in [0.2, 0.25) is 0 Å². The van der Waals surface area contributed by atoms with E-state index in [0.29, 0.717) is 0 Å². The van der Waals surface area contributed by atoms with E-state index in [4.69, 9.17) is 14.2 Å². The van der Waals surface area contributed by atoms with E-state index in [9.17, 15) is 0 Å². The highest BCUT2D eigenvalue weighted by Crippen LogP contribution is 2.39. The Morgan fingerprint density at radius 3 is 1.52 bits per heavy atom. The minimum absolute atomic E-state index is 0.287. The summed E-state index contributed by atoms with van der Waals surface area (Å²) in [5.74, 6) is 2.59. The molecule has 4 aromatic rings. The predicted octanol–water partition coefficient (Wildman–Crippen LogP) is 5.96. The third-order valence-electron chi connectivity index (χ3n) is 4.87. The van der Waals surface area contributed by atoms with Gasteiger partial charge in [-0.3, -0.25) is 0 Å². The zero-order valence-electron chi connectivity index (χ0n) is 16.7. The fourth-order valence-corrected chi connectivity index (χ4v) is 5.61. The second-order valence-electron chi connectivity index (χ2n) is 6.47. The maximum Gasteiger partial charge on any atom is 0.174 e. The van der Waals surface area contributed by atoms with Gasteiger partial charge in [-0.2, -0.15) is 0 Å². The van der Waals surface area contributed by atoms with Crippen molar-refractivity contribution in [3.05, 3.63) is 84.9 Å². The van der Waals surface area contributed by atoms with Crippen LogP contribution in [-0.4, -0.2) is 21.3 Å². The van der Waals surface area contributed by atoms with Crippen LogP contribution in [0.1, 0.15) is 0 Å². The fraction of sp³-hybridized carbons (Fsp3) is 0.120. The summed E-state index contributed by atoms with van der Waals surface area (Å²) >= 11 is 0. The van der Waals surface area contributed by atoms with Crippen molar-refractivity contribution in [3.63, 3.8) is 0 Å². The van der Waals surface area contributed by atoms with E-state index >= 15 is 0 Å². The van der Waals surface area contributed by atoms with Crippen LogP contribution >= 0.6 is 0 Å². The first kappa shape index (κ1) is 19.2. The number of fused-ring (bicyclic) bond motifs is 1. The number of hydrogen-bond donors (Lipinski definition) is 0. The molecule has 0 aliphatic rings. The van der Waals surface area contributed by atoms with Gasteiger partial charge >= 0.3 is 0 Å². The highest BCUT2D eigenvalue weighted by Gasteiger charge is 2.31. The quantitative estimate of drug-likeness (QED) is 0.372. The van der Waals surface area contributed by atoms with Gasteiger partial charge in [-0.15, -0.1) is 0 Å². The van der Waals surface area contributed by atoms with Crippen LogP contribution in [0, 0.1) is 0 Å². The standard InChI is InChI=1S/C25H23O3S/c1-26-18-8-12-20(13-9-18)29(21-14-10-19(27-2)11-15-21)25-17-16-24(28-3)22-6-4-5-7-23(22)25/h4-17H,1-3H3/q+1. The average molecular weight is 404 g/mol. The van der Waals surface area contributed by atoms with Crippen molar-refractivity contribution >= 4 is 21.7 Å². The third-order valence-corrected chi connectivity index (χ3v) is 7.16. The Hall–Kier alpha value is -3.11. The van der Waals surface area contributed by atoms with E-state index < -0.39 is 0 Å². The van der Waals surface area contributed by atoms with Crippen molar-refractivity contribution in [3.8, 4) is 17.2 Å². The summed E-state index contributed by atoms with van der Waals surface area (Å²) in [6, 6.07) is 29.3. The SMILES string of the molecule is COc1ccc([S+](c2ccc(OC)cc2)c2ccc(OC)c3ccccc23)cc1. The monoisotopic (exact) mass is 403 g/mol. The smallest absolute Gasteiger partial charge is 0.174 e. The molecule has 0 radical (unpaired) electrons. The van der Waals surface area contributed by atoms with E-state index in [0.717, 1.165) is 22.6 Å². The molecule has 0 aromatic heterocycles. The van der Waals surface area contributed by atoms with Crippen LogP contribution in [0.15, 0.2) is 99.6 Å². The van der Waals surface area contributed by atoms with Crippen molar-refractivity contribution in [2.75, 3.05) is 21.3 Å². The predicted molar refractivity (Wildman–Crippen MR) is 119 cm³/mol. The first-order valence-corrected chi connectivity index (χ1v) is 10.6. The molecule has 0 saturated heterocycles. The van der Waals surface area contributed by atoms with Gasteiger partial charge in [0.05, 0.1) is 32.2 Å². The van der Waals surface area contributed by atoms with E-state index in [2.05, 4.69) is 54.6 Å². The Morgan fingerprint density at radius 2 is 1.03 bits per heavy atom. The molecule has 3 nitrogen and oxygen atoms in total. The lowest BCUT2D eigenvalue weighted by Gasteiger charge is -2.13. The molecule has 4 rings (SSSR count). The summed E-state index contributed by atoms with van der Waals surface area (Å²) in [4.78, 5) is 3.72. The Labute approximate surface area is 174 Å². The van der Waals surface area contributed by atoms with Crippen LogP contribution in [0.2, 0.25) is 0 Å². The van der Waals surface area contributed by atoms with Crippen LogP contribution in [0.3, 0.4) is 0 Å². The van der Waals surface area contributed by atoms with Crippen molar-refractivity contribution < 1.29 is 14.2 Å². The molecule has 29 heavy (non-hydrogen) atoms. The topological polar surface area (TPSA) is 27.7 Å². The van der Waals surface area contributed by atoms with Crippen LogP contribution < -0.4 is 14.2 Å². The Kier molecular flexibility index (Phi) is 5.63. The molecule has 0 heterocycles. The average Bonchev–Trinajstić information content (AvgIpc) is 2.80. The van der Waals surface area contributed by atoms with Gasteiger partial charge in [0.25, 0.3) is 0 Å². The van der Waals surface area contributed by atoms with Crippen LogP contribution in [0.4, 0.5) is 0 Å². The molecule has 0 N–H and O–H groups in total. The lowest BCUT2D eigenvalue weighted by Crippen LogP contribution is -2.06. The molecule has 0 spiro atoms. The zero-order valence-corrected chi connectivity index (χ0v) is 17.5. The third kappa shape index (κ3) is 3.76. The molecule has 0 aliphatic carbocycles. The largest absolute Gasteiger partial charge is 0.497 e. The first-order chi connectivity index (χ1) is 14.2. The highest BCUT2D eigenvalue weighted by atomic mass is 32.2. The van der Waals surface area contributed by atoms with E-state index in [1.54, 1.807) is 21.3 Å². The molecule has 0 saturated carbocycles. The van der Waals surface area contributed by atoms with Crippen LogP contribution in [0.25, 0.3) is 10.8 Å². The van der Waals surface area contributed by atoms with Gasteiger partial charge in [-0.25, -0.2) is 0 Å². The zero-order chi connectivity index (χ0) is 20.2. The fourth-order valence-electron chi connectivity index (χ4n) is 3.41. The summed E-state index contributed by atoms with van der Waals surface area (Å²) in [7, 11) is 4.81. The van der Waals surface area contributed by atoms with Crippen molar-refractivity contribution in [2.45, 2.75) is 14.7 Å². The Bertz CT molecular complexity index is 1060. The molecule has 4 heteroatoms. The number of methoxy groups -OCH3 is 3. The van der Waals surface area contributed by atoms with E-state index in [-0.39, 0.29) is 10.9 Å². The van der Waals surface area contributed by atoms with E-state index in [1.807, 2.05) is 30.3 Å². The number of rotatable bonds is 6. The van der Waals surface area contributed by atoms with Gasteiger partial charge in [0.15, 0.2) is 14.7 Å². The van der Waals surface area contributed by atoms with Gasteiger partial charge in [-0.05, 0) is 66.7 Å². The second kappa shape index (κ2) is 8.50. The highest BCUT2D eigenvalue weighted by molar-refractivity contribution is 7.97. The minimum Gasteiger partial charge on any atom is -0.497 e. The summed E-state index contributed by atoms with van der Waals surface area (Å²) in [5.41, 5.74) is 0. The maximum absolute atomic E-state index is 5.60. The molecule has 0 bridgehead atoms. The summed E-state index contributed by atoms with van der Waals surface area (Å²) < 4.78 is 16.3. The lowest BCUT2D eigenvalue weighted by molar-refractivity contribution is 0.414. The molecular weight excluding hydrogens is 380 g/mol. The molecule has 0 amide bonds. The number of hydrogen-bond acceptors (Lipinski definition) is 3. The van der Waals surface area contributed by atoms with Gasteiger partial charge in [0, 0.05) is 10.8 Å². The Balaban J connectivity index is 1.93. The van der Waals surface area contributed by atoms with E-state index in [1.165, 1.54) is 20.1 Å². The summed E-state index contributed by atoms with van der Waals surface area (Å²) in [6.07, 6.45) is 0. The maximum atomic E-state index is 5.60. The molecular formula is C25H23O3S+. The molecule has 0 atom stereocenters. The van der Waals surface area contributed by atoms with Crippen LogP contribution in [0.5, 0.6) is 17.2 Å². The minimum atomic E-state index is -0.287. The van der Waals surface area contributed by atoms with Gasteiger partial charge in [0.1, 0.15) is 17.2 Å². The first-order valence-electron chi connectivity index (χ1n) is 9.33. The molecule has 0 fully saturated rings. The lowest BCUT2D eigenvalue weighted by atomic mass is 10.1. The van der Waals surface area contributed by atoms with Gasteiger partial charge in [-0.1, -0.05) is 18.2 Å². The van der Waals surface area contributed by atoms with Gasteiger partial charge < -0.3 is 14.2 Å². The molecule has 4 aromatic carbocycles. The van der Waals surface area contributed by atoms with Crippen molar-refractivity contribution in [1.29, 1.82) is 0 Å². The van der Waals surface area contributed by atoms with Crippen LogP contribution in [-0.2, 0) is 10.9 Å². The normalized spacial score (nSPS) is 10.9. The summed E-state index contributed by atoms with van der Waals surface area (Å²) in [5, 5.41) is 2.31. The Morgan fingerprint density at radius 1 is 0.517 bits per heavy atom.